The summed E-state index contributed by atoms with van der Waals surface area (Å²) < 4.78 is 6.30. The summed E-state index contributed by atoms with van der Waals surface area (Å²) >= 11 is 6.27. The van der Waals surface area contributed by atoms with Crippen molar-refractivity contribution in [3.05, 3.63) is 41.4 Å². The van der Waals surface area contributed by atoms with Crippen LogP contribution in [0.3, 0.4) is 0 Å². The van der Waals surface area contributed by atoms with Crippen LogP contribution in [0.1, 0.15) is 26.7 Å². The first-order chi connectivity index (χ1) is 10.1. The lowest BCUT2D eigenvalue weighted by atomic mass is 10.1. The smallest absolute Gasteiger partial charge is 0.127 e. The number of benzene rings is 2. The minimum Gasteiger partial charge on any atom is -0.488 e. The van der Waals surface area contributed by atoms with Crippen molar-refractivity contribution in [1.29, 1.82) is 0 Å². The van der Waals surface area contributed by atoms with Gasteiger partial charge in [-0.15, -0.1) is 0 Å². The first-order valence-corrected chi connectivity index (χ1v) is 8.10. The minimum atomic E-state index is 0.176. The van der Waals surface area contributed by atoms with E-state index in [4.69, 9.17) is 16.3 Å². The molecule has 1 fully saturated rings. The van der Waals surface area contributed by atoms with Gasteiger partial charge in [0.15, 0.2) is 0 Å². The number of ether oxygens (including phenoxy) is 1. The third-order valence-electron chi connectivity index (χ3n) is 4.04. The maximum Gasteiger partial charge on any atom is 0.127 e. The molecule has 0 aromatic heterocycles. The Morgan fingerprint density at radius 2 is 1.86 bits per heavy atom. The zero-order chi connectivity index (χ0) is 14.8. The predicted molar refractivity (Wildman–Crippen MR) is 89.2 cm³/mol. The third kappa shape index (κ3) is 3.50. The highest BCUT2D eigenvalue weighted by molar-refractivity contribution is 6.35. The highest BCUT2D eigenvalue weighted by Gasteiger charge is 2.24. The fourth-order valence-corrected chi connectivity index (χ4v) is 2.71. The number of halogens is 1. The first-order valence-electron chi connectivity index (χ1n) is 7.72. The van der Waals surface area contributed by atoms with Gasteiger partial charge in [-0.05, 0) is 30.9 Å². The van der Waals surface area contributed by atoms with Crippen molar-refractivity contribution < 1.29 is 4.74 Å². The van der Waals surface area contributed by atoms with Gasteiger partial charge in [-0.3, -0.25) is 0 Å². The lowest BCUT2D eigenvalue weighted by molar-refractivity contribution is 0.150. The van der Waals surface area contributed by atoms with Crippen molar-refractivity contribution in [2.75, 3.05) is 6.54 Å². The molecular formula is C18H22ClNO. The normalized spacial score (nSPS) is 16.4. The molecule has 1 saturated carbocycles. The van der Waals surface area contributed by atoms with Crippen LogP contribution >= 0.6 is 11.6 Å². The Labute approximate surface area is 131 Å². The van der Waals surface area contributed by atoms with E-state index in [1.54, 1.807) is 0 Å². The average Bonchev–Trinajstić information content (AvgIpc) is 3.30. The summed E-state index contributed by atoms with van der Waals surface area (Å²) in [5.74, 6) is 1.39. The molecule has 21 heavy (non-hydrogen) atoms. The molecule has 112 valence electrons. The molecule has 1 N–H and O–H groups in total. The quantitative estimate of drug-likeness (QED) is 0.839. The molecule has 0 amide bonds. The summed E-state index contributed by atoms with van der Waals surface area (Å²) in [6.07, 6.45) is 2.78. The molecule has 2 aromatic rings. The van der Waals surface area contributed by atoms with Gasteiger partial charge >= 0.3 is 0 Å². The van der Waals surface area contributed by atoms with Gasteiger partial charge in [0, 0.05) is 28.4 Å². The van der Waals surface area contributed by atoms with Gasteiger partial charge in [0.1, 0.15) is 11.9 Å². The van der Waals surface area contributed by atoms with Crippen LogP contribution in [0, 0.1) is 5.92 Å². The summed E-state index contributed by atoms with van der Waals surface area (Å²) in [6.45, 7) is 5.31. The molecule has 3 rings (SSSR count). The standard InChI is InChI=1S/C18H22ClNO/c1-12(2)18(11-20-13-7-8-13)21-17-10-9-16(19)14-5-3-4-6-15(14)17/h3-6,9-10,12-13,18,20H,7-8,11H2,1-2H3. The zero-order valence-corrected chi connectivity index (χ0v) is 13.4. The Balaban J connectivity index is 1.83. The Bertz CT molecular complexity index is 622. The molecule has 1 aliphatic rings. The maximum absolute atomic E-state index is 6.30. The van der Waals surface area contributed by atoms with Crippen molar-refractivity contribution in [3.63, 3.8) is 0 Å². The van der Waals surface area contributed by atoms with Crippen LogP contribution in [0.25, 0.3) is 10.8 Å². The van der Waals surface area contributed by atoms with Gasteiger partial charge < -0.3 is 10.1 Å². The summed E-state index contributed by atoms with van der Waals surface area (Å²) in [7, 11) is 0. The fraction of sp³-hybridized carbons (Fsp3) is 0.444. The van der Waals surface area contributed by atoms with Crippen LogP contribution in [0.4, 0.5) is 0 Å². The van der Waals surface area contributed by atoms with E-state index in [0.29, 0.717) is 12.0 Å². The second-order valence-corrected chi connectivity index (χ2v) is 6.58. The topological polar surface area (TPSA) is 21.3 Å². The minimum absolute atomic E-state index is 0.176. The van der Waals surface area contributed by atoms with Crippen molar-refractivity contribution in [3.8, 4) is 5.75 Å². The number of fused-ring (bicyclic) bond motifs is 1. The molecule has 2 nitrogen and oxygen atoms in total. The summed E-state index contributed by atoms with van der Waals surface area (Å²) in [4.78, 5) is 0. The fourth-order valence-electron chi connectivity index (χ4n) is 2.48. The summed E-state index contributed by atoms with van der Waals surface area (Å²) in [5, 5.41) is 6.48. The molecule has 0 radical (unpaired) electrons. The van der Waals surface area contributed by atoms with Crippen molar-refractivity contribution >= 4 is 22.4 Å². The van der Waals surface area contributed by atoms with Crippen molar-refractivity contribution in [2.24, 2.45) is 5.92 Å². The number of nitrogens with one attached hydrogen (secondary N) is 1. The number of rotatable bonds is 6. The molecule has 0 bridgehead atoms. The second-order valence-electron chi connectivity index (χ2n) is 6.17. The third-order valence-corrected chi connectivity index (χ3v) is 4.37. The Kier molecular flexibility index (Phi) is 4.37. The van der Waals surface area contributed by atoms with Crippen LogP contribution in [-0.4, -0.2) is 18.7 Å². The van der Waals surface area contributed by atoms with Gasteiger partial charge in [0.25, 0.3) is 0 Å². The van der Waals surface area contributed by atoms with Crippen LogP contribution in [-0.2, 0) is 0 Å². The Hall–Kier alpha value is -1.25. The maximum atomic E-state index is 6.30. The van der Waals surface area contributed by atoms with Gasteiger partial charge in [0.05, 0.1) is 0 Å². The molecule has 1 atom stereocenters. The van der Waals surface area contributed by atoms with Crippen LogP contribution < -0.4 is 10.1 Å². The Morgan fingerprint density at radius 3 is 2.52 bits per heavy atom. The Morgan fingerprint density at radius 1 is 1.14 bits per heavy atom. The monoisotopic (exact) mass is 303 g/mol. The molecule has 0 heterocycles. The highest BCUT2D eigenvalue weighted by atomic mass is 35.5. The van der Waals surface area contributed by atoms with E-state index in [2.05, 4.69) is 25.2 Å². The second kappa shape index (κ2) is 6.25. The van der Waals surface area contributed by atoms with E-state index >= 15 is 0 Å². The number of hydrogen-bond donors (Lipinski definition) is 1. The van der Waals surface area contributed by atoms with Crippen LogP contribution in [0.5, 0.6) is 5.75 Å². The molecular weight excluding hydrogens is 282 g/mol. The van der Waals surface area contributed by atoms with E-state index in [-0.39, 0.29) is 6.10 Å². The SMILES string of the molecule is CC(C)C(CNC1CC1)Oc1ccc(Cl)c2ccccc12. The summed E-state index contributed by atoms with van der Waals surface area (Å²) in [6, 6.07) is 12.8. The molecule has 0 aliphatic heterocycles. The van der Waals surface area contributed by atoms with Crippen LogP contribution in [0.15, 0.2) is 36.4 Å². The van der Waals surface area contributed by atoms with Gasteiger partial charge in [-0.1, -0.05) is 49.7 Å². The van der Waals surface area contributed by atoms with Crippen molar-refractivity contribution in [1.82, 2.24) is 5.32 Å². The molecule has 1 unspecified atom stereocenters. The molecule has 2 aromatic carbocycles. The van der Waals surface area contributed by atoms with Crippen molar-refractivity contribution in [2.45, 2.75) is 38.8 Å². The average molecular weight is 304 g/mol. The highest BCUT2D eigenvalue weighted by Crippen LogP contribution is 2.32. The molecule has 0 spiro atoms. The lowest BCUT2D eigenvalue weighted by Gasteiger charge is -2.24. The van der Waals surface area contributed by atoms with E-state index < -0.39 is 0 Å². The van der Waals surface area contributed by atoms with Gasteiger partial charge in [0.2, 0.25) is 0 Å². The molecule has 0 saturated heterocycles. The lowest BCUT2D eigenvalue weighted by Crippen LogP contribution is -2.36. The van der Waals surface area contributed by atoms with Gasteiger partial charge in [-0.25, -0.2) is 0 Å². The molecule has 1 aliphatic carbocycles. The van der Waals surface area contributed by atoms with E-state index in [9.17, 15) is 0 Å². The zero-order valence-electron chi connectivity index (χ0n) is 12.6. The predicted octanol–water partition coefficient (Wildman–Crippen LogP) is 4.65. The van der Waals surface area contributed by atoms with E-state index in [1.165, 1.54) is 12.8 Å². The summed E-state index contributed by atoms with van der Waals surface area (Å²) in [5.41, 5.74) is 0. The molecule has 3 heteroatoms. The largest absolute Gasteiger partial charge is 0.488 e. The van der Waals surface area contributed by atoms with E-state index in [0.717, 1.165) is 28.1 Å². The van der Waals surface area contributed by atoms with Crippen LogP contribution in [0.2, 0.25) is 5.02 Å². The number of hydrogen-bond acceptors (Lipinski definition) is 2. The van der Waals surface area contributed by atoms with Gasteiger partial charge in [-0.2, -0.15) is 0 Å². The van der Waals surface area contributed by atoms with E-state index in [1.807, 2.05) is 30.3 Å². The first kappa shape index (κ1) is 14.7.